The van der Waals surface area contributed by atoms with Crippen molar-refractivity contribution in [3.8, 4) is 11.5 Å². The second-order valence-electron chi connectivity index (χ2n) is 4.27. The molecule has 2 rings (SSSR count). The van der Waals surface area contributed by atoms with Gasteiger partial charge >= 0.3 is 6.03 Å². The summed E-state index contributed by atoms with van der Waals surface area (Å²) in [6.45, 7) is 0. The highest BCUT2D eigenvalue weighted by Crippen LogP contribution is 2.30. The largest absolute Gasteiger partial charge is 0.495 e. The number of ether oxygens (including phenoxy) is 2. The summed E-state index contributed by atoms with van der Waals surface area (Å²) in [7, 11) is 3.01. The Balaban J connectivity index is 2.17. The zero-order chi connectivity index (χ0) is 16.1. The van der Waals surface area contributed by atoms with Gasteiger partial charge in [0.05, 0.1) is 25.6 Å². The van der Waals surface area contributed by atoms with Crippen molar-refractivity contribution < 1.29 is 14.3 Å². The average Bonchev–Trinajstić information content (AvgIpc) is 2.47. The first kappa shape index (κ1) is 16.3. The number of anilines is 2. The predicted molar refractivity (Wildman–Crippen MR) is 88.6 cm³/mol. The number of hydrogen-bond donors (Lipinski definition) is 2. The summed E-state index contributed by atoms with van der Waals surface area (Å²) in [6, 6.07) is 9.38. The van der Waals surface area contributed by atoms with Crippen molar-refractivity contribution in [2.75, 3.05) is 24.9 Å². The number of nitrogens with one attached hydrogen (secondary N) is 2. The molecule has 2 aromatic rings. The number of hydrogen-bond acceptors (Lipinski definition) is 3. The molecule has 0 aliphatic carbocycles. The number of carbonyl (C=O) groups is 1. The molecule has 0 radical (unpaired) electrons. The summed E-state index contributed by atoms with van der Waals surface area (Å²) in [5.41, 5.74) is 0.905. The van der Waals surface area contributed by atoms with Crippen LogP contribution in [0.15, 0.2) is 36.4 Å². The Kier molecular flexibility index (Phi) is 5.35. The van der Waals surface area contributed by atoms with Gasteiger partial charge < -0.3 is 20.1 Å². The first-order valence-corrected chi connectivity index (χ1v) is 7.04. The molecule has 0 fully saturated rings. The van der Waals surface area contributed by atoms with Crippen molar-refractivity contribution in [1.29, 1.82) is 0 Å². The summed E-state index contributed by atoms with van der Waals surface area (Å²) in [6.07, 6.45) is 0. The van der Waals surface area contributed by atoms with E-state index in [9.17, 15) is 4.79 Å². The molecule has 0 saturated heterocycles. The van der Waals surface area contributed by atoms with Gasteiger partial charge in [0.1, 0.15) is 11.5 Å². The molecule has 116 valence electrons. The lowest BCUT2D eigenvalue weighted by Crippen LogP contribution is -2.20. The van der Waals surface area contributed by atoms with Crippen LogP contribution in [-0.2, 0) is 0 Å². The fourth-order valence-corrected chi connectivity index (χ4v) is 2.18. The minimum Gasteiger partial charge on any atom is -0.495 e. The number of methoxy groups -OCH3 is 2. The van der Waals surface area contributed by atoms with E-state index in [0.717, 1.165) is 0 Å². The Morgan fingerprint density at radius 2 is 1.27 bits per heavy atom. The molecule has 2 amide bonds. The third-order valence-corrected chi connectivity index (χ3v) is 3.29. The van der Waals surface area contributed by atoms with E-state index in [1.165, 1.54) is 14.2 Å². The highest BCUT2D eigenvalue weighted by Gasteiger charge is 2.11. The molecule has 0 saturated carbocycles. The molecular weight excluding hydrogens is 327 g/mol. The minimum atomic E-state index is -0.471. The van der Waals surface area contributed by atoms with Crippen LogP contribution >= 0.6 is 23.2 Å². The predicted octanol–water partition coefficient (Wildman–Crippen LogP) is 4.65. The van der Waals surface area contributed by atoms with E-state index in [1.54, 1.807) is 36.4 Å². The quantitative estimate of drug-likeness (QED) is 0.851. The monoisotopic (exact) mass is 340 g/mol. The van der Waals surface area contributed by atoms with Gasteiger partial charge in [-0.25, -0.2) is 4.79 Å². The van der Waals surface area contributed by atoms with Crippen LogP contribution in [0.1, 0.15) is 0 Å². The van der Waals surface area contributed by atoms with Gasteiger partial charge in [-0.3, -0.25) is 0 Å². The molecule has 5 nitrogen and oxygen atoms in total. The van der Waals surface area contributed by atoms with Crippen molar-refractivity contribution >= 4 is 40.6 Å². The molecule has 0 spiro atoms. The molecule has 0 aliphatic heterocycles. The second kappa shape index (κ2) is 7.24. The van der Waals surface area contributed by atoms with Gasteiger partial charge in [-0.2, -0.15) is 0 Å². The normalized spacial score (nSPS) is 10.0. The van der Waals surface area contributed by atoms with Crippen LogP contribution in [0.3, 0.4) is 0 Å². The number of carbonyl (C=O) groups excluding carboxylic acids is 1. The van der Waals surface area contributed by atoms with E-state index < -0.39 is 6.03 Å². The Morgan fingerprint density at radius 1 is 0.864 bits per heavy atom. The molecule has 0 atom stereocenters. The first-order valence-electron chi connectivity index (χ1n) is 6.28. The van der Waals surface area contributed by atoms with Crippen LogP contribution in [0.5, 0.6) is 11.5 Å². The zero-order valence-electron chi connectivity index (χ0n) is 11.9. The van der Waals surface area contributed by atoms with Crippen molar-refractivity contribution in [3.05, 3.63) is 46.4 Å². The van der Waals surface area contributed by atoms with E-state index in [4.69, 9.17) is 32.7 Å². The van der Waals surface area contributed by atoms with Crippen molar-refractivity contribution in [1.82, 2.24) is 0 Å². The fraction of sp³-hybridized carbons (Fsp3) is 0.133. The topological polar surface area (TPSA) is 59.6 Å². The van der Waals surface area contributed by atoms with Gasteiger partial charge in [-0.1, -0.05) is 23.2 Å². The van der Waals surface area contributed by atoms with Gasteiger partial charge in [0.2, 0.25) is 0 Å². The summed E-state index contributed by atoms with van der Waals surface area (Å²) in [5.74, 6) is 0.996. The van der Waals surface area contributed by atoms with E-state index in [0.29, 0.717) is 32.9 Å². The van der Waals surface area contributed by atoms with Gasteiger partial charge in [-0.05, 0) is 36.4 Å². The summed E-state index contributed by atoms with van der Waals surface area (Å²) < 4.78 is 10.3. The van der Waals surface area contributed by atoms with Crippen LogP contribution in [-0.4, -0.2) is 20.3 Å². The summed E-state index contributed by atoms with van der Waals surface area (Å²) in [4.78, 5) is 12.1. The number of amides is 2. The van der Waals surface area contributed by atoms with Crippen molar-refractivity contribution in [2.24, 2.45) is 0 Å². The maximum Gasteiger partial charge on any atom is 0.323 e. The lowest BCUT2D eigenvalue weighted by Gasteiger charge is -2.13. The zero-order valence-corrected chi connectivity index (χ0v) is 13.5. The van der Waals surface area contributed by atoms with Crippen LogP contribution in [0.4, 0.5) is 16.2 Å². The van der Waals surface area contributed by atoms with Crippen LogP contribution in [0, 0.1) is 0 Å². The molecule has 22 heavy (non-hydrogen) atoms. The highest BCUT2D eigenvalue weighted by atomic mass is 35.5. The maximum absolute atomic E-state index is 12.1. The third-order valence-electron chi connectivity index (χ3n) is 2.82. The number of halogens is 2. The average molecular weight is 341 g/mol. The third kappa shape index (κ3) is 3.96. The molecule has 0 aromatic heterocycles. The molecule has 2 N–H and O–H groups in total. The standard InChI is InChI=1S/C15H14Cl2N2O3/c1-21-13-5-3-9(16)7-11(13)18-15(20)19-12-8-10(17)4-6-14(12)22-2/h3-8H,1-2H3,(H2,18,19,20). The van der Waals surface area contributed by atoms with Crippen molar-refractivity contribution in [3.63, 3.8) is 0 Å². The van der Waals surface area contributed by atoms with E-state index in [2.05, 4.69) is 10.6 Å². The van der Waals surface area contributed by atoms with E-state index in [1.807, 2.05) is 0 Å². The molecule has 0 bridgehead atoms. The molecule has 0 unspecified atom stereocenters. The molecule has 2 aromatic carbocycles. The molecular formula is C15H14Cl2N2O3. The van der Waals surface area contributed by atoms with Crippen molar-refractivity contribution in [2.45, 2.75) is 0 Å². The van der Waals surface area contributed by atoms with Crippen LogP contribution in [0.2, 0.25) is 10.0 Å². The summed E-state index contributed by atoms with van der Waals surface area (Å²) in [5, 5.41) is 6.29. The molecule has 0 heterocycles. The first-order chi connectivity index (χ1) is 10.5. The lowest BCUT2D eigenvalue weighted by atomic mass is 10.3. The Morgan fingerprint density at radius 3 is 1.64 bits per heavy atom. The SMILES string of the molecule is COc1ccc(Cl)cc1NC(=O)Nc1cc(Cl)ccc1OC. The maximum atomic E-state index is 12.1. The van der Waals surface area contributed by atoms with Gasteiger partial charge in [-0.15, -0.1) is 0 Å². The van der Waals surface area contributed by atoms with Crippen LogP contribution < -0.4 is 20.1 Å². The van der Waals surface area contributed by atoms with Gasteiger partial charge in [0.15, 0.2) is 0 Å². The van der Waals surface area contributed by atoms with Gasteiger partial charge in [0, 0.05) is 10.0 Å². The Labute approximate surface area is 138 Å². The Bertz CT molecular complexity index is 635. The smallest absolute Gasteiger partial charge is 0.323 e. The number of urea groups is 1. The van der Waals surface area contributed by atoms with Crippen LogP contribution in [0.25, 0.3) is 0 Å². The summed E-state index contributed by atoms with van der Waals surface area (Å²) >= 11 is 11.8. The highest BCUT2D eigenvalue weighted by molar-refractivity contribution is 6.31. The van der Waals surface area contributed by atoms with E-state index in [-0.39, 0.29) is 0 Å². The number of benzene rings is 2. The number of rotatable bonds is 4. The Hall–Kier alpha value is -2.11. The fourth-order valence-electron chi connectivity index (χ4n) is 1.83. The molecule has 0 aliphatic rings. The van der Waals surface area contributed by atoms with Gasteiger partial charge in [0.25, 0.3) is 0 Å². The minimum absolute atomic E-state index is 0.452. The lowest BCUT2D eigenvalue weighted by molar-refractivity contribution is 0.262. The van der Waals surface area contributed by atoms with E-state index >= 15 is 0 Å². The molecule has 7 heteroatoms. The second-order valence-corrected chi connectivity index (χ2v) is 5.14.